The zero-order chi connectivity index (χ0) is 14.5. The van der Waals surface area contributed by atoms with Crippen molar-refractivity contribution in [2.24, 2.45) is 0 Å². The van der Waals surface area contributed by atoms with Gasteiger partial charge >= 0.3 is 0 Å². The van der Waals surface area contributed by atoms with Crippen molar-refractivity contribution in [3.05, 3.63) is 48.7 Å². The summed E-state index contributed by atoms with van der Waals surface area (Å²) in [6.45, 7) is 0.663. The van der Waals surface area contributed by atoms with Gasteiger partial charge in [-0.15, -0.1) is 0 Å². The first kappa shape index (κ1) is 13.6. The van der Waals surface area contributed by atoms with E-state index >= 15 is 0 Å². The molecule has 1 fully saturated rings. The van der Waals surface area contributed by atoms with Gasteiger partial charge in [0.05, 0.1) is 11.9 Å². The molecule has 1 unspecified atom stereocenters. The van der Waals surface area contributed by atoms with Crippen LogP contribution in [0.3, 0.4) is 0 Å². The number of ether oxygens (including phenoxy) is 1. The fraction of sp³-hybridized carbons (Fsp3) is 0.250. The van der Waals surface area contributed by atoms with Crippen LogP contribution in [-0.2, 0) is 9.53 Å². The van der Waals surface area contributed by atoms with Crippen LogP contribution >= 0.6 is 0 Å². The quantitative estimate of drug-likeness (QED) is 0.905. The third-order valence-corrected chi connectivity index (χ3v) is 3.30. The van der Waals surface area contributed by atoms with Crippen molar-refractivity contribution in [1.29, 1.82) is 0 Å². The van der Waals surface area contributed by atoms with Crippen LogP contribution < -0.4 is 10.6 Å². The average Bonchev–Trinajstić information content (AvgIpc) is 3.05. The summed E-state index contributed by atoms with van der Waals surface area (Å²) in [6.07, 6.45) is 3.04. The molecule has 108 valence electrons. The van der Waals surface area contributed by atoms with Crippen LogP contribution in [-0.4, -0.2) is 23.6 Å². The van der Waals surface area contributed by atoms with Gasteiger partial charge in [-0.2, -0.15) is 0 Å². The monoisotopic (exact) mass is 283 g/mol. The lowest BCUT2D eigenvalue weighted by molar-refractivity contribution is -0.124. The van der Waals surface area contributed by atoms with Gasteiger partial charge in [0.25, 0.3) is 5.91 Å². The molecule has 1 amide bonds. The molecule has 1 aromatic carbocycles. The summed E-state index contributed by atoms with van der Waals surface area (Å²) in [4.78, 5) is 16.2. The normalized spacial score (nSPS) is 17.4. The van der Waals surface area contributed by atoms with Crippen LogP contribution in [0.1, 0.15) is 12.8 Å². The van der Waals surface area contributed by atoms with Gasteiger partial charge in [-0.25, -0.2) is 4.98 Å². The number of para-hydroxylation sites is 1. The maximum atomic E-state index is 11.9. The summed E-state index contributed by atoms with van der Waals surface area (Å²) in [5, 5.41) is 6.01. The lowest BCUT2D eigenvalue weighted by Gasteiger charge is -2.11. The van der Waals surface area contributed by atoms with E-state index in [9.17, 15) is 4.79 Å². The van der Waals surface area contributed by atoms with Crippen LogP contribution in [0, 0.1) is 0 Å². The molecule has 0 spiro atoms. The first-order valence-corrected chi connectivity index (χ1v) is 7.02. The molecule has 0 radical (unpaired) electrons. The van der Waals surface area contributed by atoms with E-state index < -0.39 is 0 Å². The number of rotatable bonds is 4. The molecular weight excluding hydrogens is 266 g/mol. The molecule has 5 heteroatoms. The molecule has 2 aromatic rings. The number of carbonyl (C=O) groups is 1. The predicted molar refractivity (Wildman–Crippen MR) is 81.6 cm³/mol. The second-order valence-corrected chi connectivity index (χ2v) is 4.91. The summed E-state index contributed by atoms with van der Waals surface area (Å²) < 4.78 is 5.34. The van der Waals surface area contributed by atoms with Gasteiger partial charge in [0.2, 0.25) is 0 Å². The van der Waals surface area contributed by atoms with Gasteiger partial charge in [-0.05, 0) is 37.1 Å². The molecule has 2 N–H and O–H groups in total. The van der Waals surface area contributed by atoms with Gasteiger partial charge in [-0.1, -0.05) is 18.2 Å². The Hall–Kier alpha value is -2.40. The van der Waals surface area contributed by atoms with Crippen molar-refractivity contribution >= 4 is 23.1 Å². The third-order valence-electron chi connectivity index (χ3n) is 3.30. The Balaban J connectivity index is 1.60. The fourth-order valence-electron chi connectivity index (χ4n) is 2.22. The van der Waals surface area contributed by atoms with Crippen LogP contribution in [0.15, 0.2) is 48.7 Å². The first-order chi connectivity index (χ1) is 10.3. The summed E-state index contributed by atoms with van der Waals surface area (Å²) in [5.74, 6) is 0.634. The first-order valence-electron chi connectivity index (χ1n) is 7.02. The fourth-order valence-corrected chi connectivity index (χ4v) is 2.22. The highest BCUT2D eigenvalue weighted by atomic mass is 16.5. The number of nitrogens with zero attached hydrogens (tertiary/aromatic N) is 1. The second-order valence-electron chi connectivity index (χ2n) is 4.91. The summed E-state index contributed by atoms with van der Waals surface area (Å²) >= 11 is 0. The van der Waals surface area contributed by atoms with E-state index in [1.807, 2.05) is 42.5 Å². The van der Waals surface area contributed by atoms with Crippen LogP contribution in [0.2, 0.25) is 0 Å². The zero-order valence-corrected chi connectivity index (χ0v) is 11.6. The van der Waals surface area contributed by atoms with E-state index in [-0.39, 0.29) is 12.0 Å². The predicted octanol–water partition coefficient (Wildman–Crippen LogP) is 2.94. The zero-order valence-electron chi connectivity index (χ0n) is 11.6. The van der Waals surface area contributed by atoms with Gasteiger partial charge in [0.1, 0.15) is 11.9 Å². The number of hydrogen-bond acceptors (Lipinski definition) is 4. The summed E-state index contributed by atoms with van der Waals surface area (Å²) in [6, 6.07) is 13.5. The number of pyridine rings is 1. The Labute approximate surface area is 123 Å². The average molecular weight is 283 g/mol. The molecule has 1 aliphatic heterocycles. The number of aromatic nitrogens is 1. The minimum atomic E-state index is -0.327. The highest BCUT2D eigenvalue weighted by Gasteiger charge is 2.23. The number of benzene rings is 1. The van der Waals surface area contributed by atoms with Crippen molar-refractivity contribution in [3.63, 3.8) is 0 Å². The van der Waals surface area contributed by atoms with Crippen molar-refractivity contribution < 1.29 is 9.53 Å². The van der Waals surface area contributed by atoms with E-state index in [0.717, 1.165) is 24.3 Å². The number of nitrogens with one attached hydrogen (secondary N) is 2. The van der Waals surface area contributed by atoms with Crippen LogP contribution in [0.25, 0.3) is 0 Å². The number of amides is 1. The Morgan fingerprint density at radius 2 is 2.00 bits per heavy atom. The molecule has 2 heterocycles. The molecule has 1 aliphatic rings. The highest BCUT2D eigenvalue weighted by Crippen LogP contribution is 2.17. The molecule has 1 aromatic heterocycles. The topological polar surface area (TPSA) is 63.2 Å². The van der Waals surface area contributed by atoms with Crippen molar-refractivity contribution in [2.45, 2.75) is 18.9 Å². The van der Waals surface area contributed by atoms with Gasteiger partial charge < -0.3 is 15.4 Å². The molecule has 1 saturated heterocycles. The second kappa shape index (κ2) is 6.37. The van der Waals surface area contributed by atoms with E-state index in [1.54, 1.807) is 6.20 Å². The standard InChI is InChI=1S/C16H17N3O2/c20-16(14-7-4-10-21-14)19-13-8-9-15(17-11-13)18-12-5-2-1-3-6-12/h1-3,5-6,8-9,11,14H,4,7,10H2,(H,17,18)(H,19,20). The van der Waals surface area contributed by atoms with Gasteiger partial charge in [0.15, 0.2) is 0 Å². The SMILES string of the molecule is O=C(Nc1ccc(Nc2ccccc2)nc1)C1CCCO1. The van der Waals surface area contributed by atoms with Gasteiger partial charge in [-0.3, -0.25) is 4.79 Å². The lowest BCUT2D eigenvalue weighted by atomic mass is 10.2. The maximum Gasteiger partial charge on any atom is 0.253 e. The molecule has 0 saturated carbocycles. The Bertz CT molecular complexity index is 593. The summed E-state index contributed by atoms with van der Waals surface area (Å²) in [5.41, 5.74) is 1.65. The van der Waals surface area contributed by atoms with E-state index in [2.05, 4.69) is 15.6 Å². The van der Waals surface area contributed by atoms with Crippen molar-refractivity contribution in [1.82, 2.24) is 4.98 Å². The highest BCUT2D eigenvalue weighted by molar-refractivity contribution is 5.94. The van der Waals surface area contributed by atoms with Gasteiger partial charge in [0, 0.05) is 12.3 Å². The molecular formula is C16H17N3O2. The van der Waals surface area contributed by atoms with Crippen LogP contribution in [0.4, 0.5) is 17.2 Å². The molecule has 0 aliphatic carbocycles. The largest absolute Gasteiger partial charge is 0.368 e. The molecule has 5 nitrogen and oxygen atoms in total. The van der Waals surface area contributed by atoms with Crippen molar-refractivity contribution in [3.8, 4) is 0 Å². The minimum Gasteiger partial charge on any atom is -0.368 e. The molecule has 21 heavy (non-hydrogen) atoms. The Morgan fingerprint density at radius 1 is 1.14 bits per heavy atom. The third kappa shape index (κ3) is 3.58. The minimum absolute atomic E-state index is 0.0990. The number of anilines is 3. The number of hydrogen-bond donors (Lipinski definition) is 2. The Kier molecular flexibility index (Phi) is 4.12. The lowest BCUT2D eigenvalue weighted by Crippen LogP contribution is -2.26. The van der Waals surface area contributed by atoms with E-state index in [0.29, 0.717) is 12.3 Å². The maximum absolute atomic E-state index is 11.9. The van der Waals surface area contributed by atoms with E-state index in [1.165, 1.54) is 0 Å². The Morgan fingerprint density at radius 3 is 2.67 bits per heavy atom. The van der Waals surface area contributed by atoms with Crippen LogP contribution in [0.5, 0.6) is 0 Å². The smallest absolute Gasteiger partial charge is 0.253 e. The van der Waals surface area contributed by atoms with Crippen molar-refractivity contribution in [2.75, 3.05) is 17.2 Å². The number of carbonyl (C=O) groups excluding carboxylic acids is 1. The molecule has 0 bridgehead atoms. The van der Waals surface area contributed by atoms with E-state index in [4.69, 9.17) is 4.74 Å². The summed E-state index contributed by atoms with van der Waals surface area (Å²) in [7, 11) is 0. The molecule has 1 atom stereocenters. The molecule has 3 rings (SSSR count).